The first-order valence-electron chi connectivity index (χ1n) is 25.6. The number of phosphoric ester groups is 1. The quantitative estimate of drug-likeness (QED) is 0.0269. The smallest absolute Gasteiger partial charge is 0.462 e. The van der Waals surface area contributed by atoms with Crippen molar-refractivity contribution in [3.05, 3.63) is 24.3 Å². The molecular weight excluding hydrogens is 772 g/mol. The van der Waals surface area contributed by atoms with Gasteiger partial charge in [0.05, 0.1) is 6.61 Å². The predicted octanol–water partition coefficient (Wildman–Crippen LogP) is 16.3. The van der Waals surface area contributed by atoms with E-state index in [2.05, 4.69) is 42.7 Å². The maximum absolute atomic E-state index is 12.5. The minimum atomic E-state index is -4.77. The molecule has 0 aliphatic rings. The van der Waals surface area contributed by atoms with Crippen molar-refractivity contribution in [3.8, 4) is 0 Å². The number of phosphoric acid groups is 1. The lowest BCUT2D eigenvalue weighted by Crippen LogP contribution is -2.29. The second-order valence-electron chi connectivity index (χ2n) is 17.5. The fourth-order valence-electron chi connectivity index (χ4n) is 7.63. The highest BCUT2D eigenvalue weighted by Gasteiger charge is 2.22. The van der Waals surface area contributed by atoms with Gasteiger partial charge in [0.2, 0.25) is 0 Å². The fraction of sp³-hybridized carbons (Fsp3) is 0.882. The molecule has 0 aliphatic heterocycles. The number of esters is 2. The number of carbonyl (C=O) groups excluding carboxylic acids is 2. The van der Waals surface area contributed by atoms with Crippen molar-refractivity contribution in [1.82, 2.24) is 0 Å². The largest absolute Gasteiger partial charge is 0.469 e. The molecule has 0 aliphatic carbocycles. The van der Waals surface area contributed by atoms with Crippen LogP contribution in [0.1, 0.15) is 271 Å². The molecule has 9 heteroatoms. The lowest BCUT2D eigenvalue weighted by molar-refractivity contribution is -0.161. The van der Waals surface area contributed by atoms with Gasteiger partial charge in [-0.25, -0.2) is 4.57 Å². The second kappa shape index (κ2) is 47.0. The Morgan fingerprint density at radius 1 is 0.417 bits per heavy atom. The van der Waals surface area contributed by atoms with E-state index in [9.17, 15) is 14.2 Å². The predicted molar refractivity (Wildman–Crippen MR) is 253 cm³/mol. The molecule has 1 atom stereocenters. The Kier molecular flexibility index (Phi) is 45.9. The maximum Gasteiger partial charge on any atom is 0.469 e. The zero-order chi connectivity index (χ0) is 43.9. The van der Waals surface area contributed by atoms with Gasteiger partial charge >= 0.3 is 19.8 Å². The van der Waals surface area contributed by atoms with Gasteiger partial charge in [0.15, 0.2) is 6.10 Å². The second-order valence-corrected chi connectivity index (χ2v) is 18.7. The first kappa shape index (κ1) is 58.5. The number of carbonyl (C=O) groups is 2. The molecule has 0 aromatic heterocycles. The summed E-state index contributed by atoms with van der Waals surface area (Å²) in [5.74, 6) is -0.919. The van der Waals surface area contributed by atoms with Crippen molar-refractivity contribution in [3.63, 3.8) is 0 Å². The van der Waals surface area contributed by atoms with Gasteiger partial charge in [0.25, 0.3) is 0 Å². The van der Waals surface area contributed by atoms with E-state index in [1.54, 1.807) is 0 Å². The van der Waals surface area contributed by atoms with Gasteiger partial charge in [-0.1, -0.05) is 237 Å². The average molecular weight is 869 g/mol. The van der Waals surface area contributed by atoms with Gasteiger partial charge in [-0.05, 0) is 44.9 Å². The summed E-state index contributed by atoms with van der Waals surface area (Å²) in [7, 11) is -4.77. The Labute approximate surface area is 370 Å². The zero-order valence-corrected chi connectivity index (χ0v) is 40.3. The molecule has 0 radical (unpaired) electrons. The van der Waals surface area contributed by atoms with Crippen molar-refractivity contribution >= 4 is 19.8 Å². The topological polar surface area (TPSA) is 119 Å². The van der Waals surface area contributed by atoms with Crippen LogP contribution in [-0.4, -0.2) is 41.0 Å². The van der Waals surface area contributed by atoms with Crippen molar-refractivity contribution < 1.29 is 37.9 Å². The Bertz CT molecular complexity index is 1020. The molecule has 0 saturated carbocycles. The van der Waals surface area contributed by atoms with E-state index < -0.39 is 32.5 Å². The first-order chi connectivity index (χ1) is 29.3. The first-order valence-corrected chi connectivity index (χ1v) is 27.2. The molecule has 2 N–H and O–H groups in total. The minimum absolute atomic E-state index is 0.156. The SMILES string of the molecule is CCCCCCCCCCCCCCCC/C=C/CC/C=C/CCCC(=O)O[C@H](COC(=O)CCCCCCCCCCCCCCCCCCCCC)COP(=O)(O)O. The molecule has 0 saturated heterocycles. The summed E-state index contributed by atoms with van der Waals surface area (Å²) in [6.45, 7) is 3.71. The Morgan fingerprint density at radius 2 is 0.733 bits per heavy atom. The number of rotatable bonds is 48. The third-order valence-corrected chi connectivity index (χ3v) is 11.9. The van der Waals surface area contributed by atoms with Gasteiger partial charge in [0.1, 0.15) is 6.61 Å². The molecule has 0 unspecified atom stereocenters. The zero-order valence-electron chi connectivity index (χ0n) is 39.4. The Balaban J connectivity index is 3.84. The van der Waals surface area contributed by atoms with Gasteiger partial charge < -0.3 is 19.3 Å². The number of hydrogen-bond donors (Lipinski definition) is 2. The van der Waals surface area contributed by atoms with Crippen LogP contribution in [0, 0.1) is 0 Å². The molecule has 0 spiro atoms. The summed E-state index contributed by atoms with van der Waals surface area (Å²) in [6.07, 6.45) is 56.4. The van der Waals surface area contributed by atoms with Gasteiger partial charge in [-0.3, -0.25) is 14.1 Å². The van der Waals surface area contributed by atoms with Crippen LogP contribution < -0.4 is 0 Å². The van der Waals surface area contributed by atoms with E-state index >= 15 is 0 Å². The van der Waals surface area contributed by atoms with Crippen LogP contribution >= 0.6 is 7.82 Å². The lowest BCUT2D eigenvalue weighted by Gasteiger charge is -2.18. The van der Waals surface area contributed by atoms with Crippen LogP contribution in [0.15, 0.2) is 24.3 Å². The molecule has 60 heavy (non-hydrogen) atoms. The number of ether oxygens (including phenoxy) is 2. The monoisotopic (exact) mass is 869 g/mol. The molecule has 0 aromatic rings. The summed E-state index contributed by atoms with van der Waals surface area (Å²) < 4.78 is 26.5. The molecule has 354 valence electrons. The molecule has 8 nitrogen and oxygen atoms in total. The third-order valence-electron chi connectivity index (χ3n) is 11.5. The van der Waals surface area contributed by atoms with Gasteiger partial charge in [0, 0.05) is 12.8 Å². The molecular formula is C51H97O8P. The third kappa shape index (κ3) is 49.2. The van der Waals surface area contributed by atoms with E-state index in [1.807, 2.05) is 0 Å². The normalized spacial score (nSPS) is 12.5. The van der Waals surface area contributed by atoms with Crippen molar-refractivity contribution in [1.29, 1.82) is 0 Å². The molecule has 0 fully saturated rings. The van der Waals surface area contributed by atoms with E-state index in [0.717, 1.165) is 44.9 Å². The molecule has 0 heterocycles. The lowest BCUT2D eigenvalue weighted by atomic mass is 10.0. The van der Waals surface area contributed by atoms with Crippen LogP contribution in [0.25, 0.3) is 0 Å². The number of unbranched alkanes of at least 4 members (excludes halogenated alkanes) is 34. The van der Waals surface area contributed by atoms with E-state index in [0.29, 0.717) is 6.42 Å². The highest BCUT2D eigenvalue weighted by molar-refractivity contribution is 7.46. The summed E-state index contributed by atoms with van der Waals surface area (Å²) in [5, 5.41) is 0. The number of allylic oxidation sites excluding steroid dienone is 4. The molecule has 0 bridgehead atoms. The summed E-state index contributed by atoms with van der Waals surface area (Å²) in [4.78, 5) is 43.0. The van der Waals surface area contributed by atoms with E-state index in [1.165, 1.54) is 193 Å². The minimum Gasteiger partial charge on any atom is -0.462 e. The van der Waals surface area contributed by atoms with Crippen molar-refractivity contribution in [2.45, 2.75) is 277 Å². The summed E-state index contributed by atoms with van der Waals surface area (Å²) >= 11 is 0. The molecule has 0 amide bonds. The van der Waals surface area contributed by atoms with E-state index in [4.69, 9.17) is 19.3 Å². The Hall–Kier alpha value is -1.47. The summed E-state index contributed by atoms with van der Waals surface area (Å²) in [6, 6.07) is 0. The average Bonchev–Trinajstić information content (AvgIpc) is 3.22. The highest BCUT2D eigenvalue weighted by atomic mass is 31.2. The number of hydrogen-bond acceptors (Lipinski definition) is 6. The maximum atomic E-state index is 12.5. The van der Waals surface area contributed by atoms with Crippen molar-refractivity contribution in [2.24, 2.45) is 0 Å². The van der Waals surface area contributed by atoms with Crippen LogP contribution in [0.2, 0.25) is 0 Å². The summed E-state index contributed by atoms with van der Waals surface area (Å²) in [5.41, 5.74) is 0. The van der Waals surface area contributed by atoms with Crippen LogP contribution in [-0.2, 0) is 28.2 Å². The highest BCUT2D eigenvalue weighted by Crippen LogP contribution is 2.36. The van der Waals surface area contributed by atoms with Crippen LogP contribution in [0.4, 0.5) is 0 Å². The van der Waals surface area contributed by atoms with Crippen molar-refractivity contribution in [2.75, 3.05) is 13.2 Å². The van der Waals surface area contributed by atoms with Crippen LogP contribution in [0.3, 0.4) is 0 Å². The Morgan fingerprint density at radius 3 is 1.12 bits per heavy atom. The fourth-order valence-corrected chi connectivity index (χ4v) is 7.99. The van der Waals surface area contributed by atoms with Crippen LogP contribution in [0.5, 0.6) is 0 Å². The van der Waals surface area contributed by atoms with E-state index in [-0.39, 0.29) is 19.4 Å². The molecule has 0 aromatic carbocycles. The van der Waals surface area contributed by atoms with Gasteiger partial charge in [-0.2, -0.15) is 0 Å². The molecule has 0 rings (SSSR count). The van der Waals surface area contributed by atoms with Gasteiger partial charge in [-0.15, -0.1) is 0 Å². The standard InChI is InChI=1S/C51H97O8P/c1-3-5-7-9-11-13-15-17-19-21-23-24-25-26-28-30-32-34-36-38-40-42-44-46-51(53)59-49(48-58-60(54,55)56)47-57-50(52)45-43-41-39-37-35-33-31-29-27-22-20-18-16-14-12-10-8-6-4-2/h30,32,38,40,49H,3-29,31,33-37,39,41-48H2,1-2H3,(H2,54,55,56)/b32-30+,40-38+/t49-/m1/s1.